The highest BCUT2D eigenvalue weighted by Gasteiger charge is 2.30. The predicted molar refractivity (Wildman–Crippen MR) is 77.1 cm³/mol. The zero-order valence-electron chi connectivity index (χ0n) is 12.4. The van der Waals surface area contributed by atoms with Gasteiger partial charge in [-0.25, -0.2) is 0 Å². The van der Waals surface area contributed by atoms with Gasteiger partial charge in [-0.15, -0.1) is 0 Å². The van der Waals surface area contributed by atoms with E-state index in [0.717, 1.165) is 19.5 Å². The Bertz CT molecular complexity index is 416. The second-order valence-electron chi connectivity index (χ2n) is 6.82. The first-order chi connectivity index (χ1) is 8.41. The molecular weight excluding hydrogens is 220 g/mol. The highest BCUT2D eigenvalue weighted by molar-refractivity contribution is 5.38. The summed E-state index contributed by atoms with van der Waals surface area (Å²) >= 11 is 0. The van der Waals surface area contributed by atoms with Crippen molar-refractivity contribution in [3.63, 3.8) is 0 Å². The fourth-order valence-corrected chi connectivity index (χ4v) is 2.95. The summed E-state index contributed by atoms with van der Waals surface area (Å²) in [5.41, 5.74) is 4.73. The molecule has 1 aliphatic rings. The smallest absolute Gasteiger partial charge is 0.0306 e. The van der Waals surface area contributed by atoms with Crippen LogP contribution < -0.4 is 5.32 Å². The van der Waals surface area contributed by atoms with Crippen LogP contribution in [0.5, 0.6) is 0 Å². The summed E-state index contributed by atoms with van der Waals surface area (Å²) in [6.07, 6.45) is 5.30. The minimum atomic E-state index is 0.281. The minimum Gasteiger partial charge on any atom is -0.316 e. The van der Waals surface area contributed by atoms with E-state index < -0.39 is 0 Å². The van der Waals surface area contributed by atoms with Crippen molar-refractivity contribution in [3.05, 3.63) is 29.1 Å². The summed E-state index contributed by atoms with van der Waals surface area (Å²) in [4.78, 5) is 4.50. The second kappa shape index (κ2) is 5.00. The first-order valence-electron chi connectivity index (χ1n) is 7.08. The van der Waals surface area contributed by atoms with Gasteiger partial charge in [-0.05, 0) is 41.0 Å². The molecule has 0 fully saturated rings. The first kappa shape index (κ1) is 13.5. The molecule has 1 atom stereocenters. The molecule has 2 nitrogen and oxygen atoms in total. The molecule has 1 N–H and O–H groups in total. The molecule has 0 amide bonds. The molecule has 1 aromatic heterocycles. The highest BCUT2D eigenvalue weighted by Crippen LogP contribution is 2.38. The Kier molecular flexibility index (Phi) is 3.76. The van der Waals surface area contributed by atoms with Gasteiger partial charge in [0.1, 0.15) is 0 Å². The maximum atomic E-state index is 4.50. The molecule has 0 aliphatic carbocycles. The maximum absolute atomic E-state index is 4.50. The quantitative estimate of drug-likeness (QED) is 0.820. The average Bonchev–Trinajstić information content (AvgIpc) is 2.49. The van der Waals surface area contributed by atoms with Crippen molar-refractivity contribution in [1.82, 2.24) is 10.3 Å². The van der Waals surface area contributed by atoms with Crippen LogP contribution >= 0.6 is 0 Å². The normalized spacial score (nSPS) is 20.7. The average molecular weight is 246 g/mol. The van der Waals surface area contributed by atoms with Gasteiger partial charge in [0.05, 0.1) is 0 Å². The van der Waals surface area contributed by atoms with E-state index in [1.807, 2.05) is 0 Å². The van der Waals surface area contributed by atoms with Gasteiger partial charge in [0.15, 0.2) is 0 Å². The summed E-state index contributed by atoms with van der Waals surface area (Å²) in [7, 11) is 0. The molecule has 2 heterocycles. The molecule has 18 heavy (non-hydrogen) atoms. The lowest BCUT2D eigenvalue weighted by Crippen LogP contribution is -2.28. The minimum absolute atomic E-state index is 0.281. The summed E-state index contributed by atoms with van der Waals surface area (Å²) in [5.74, 6) is 1.12. The van der Waals surface area contributed by atoms with Crippen molar-refractivity contribution >= 4 is 0 Å². The molecule has 2 heteroatoms. The Labute approximate surface area is 111 Å². The summed E-state index contributed by atoms with van der Waals surface area (Å²) in [5, 5.41) is 3.59. The van der Waals surface area contributed by atoms with E-state index in [2.05, 4.69) is 57.3 Å². The molecule has 1 aliphatic heterocycles. The summed E-state index contributed by atoms with van der Waals surface area (Å²) in [6, 6.07) is 0. The fourth-order valence-electron chi connectivity index (χ4n) is 2.95. The van der Waals surface area contributed by atoms with Gasteiger partial charge in [0.2, 0.25) is 0 Å². The van der Waals surface area contributed by atoms with Crippen LogP contribution in [0.15, 0.2) is 12.4 Å². The number of rotatable bonds is 1. The Morgan fingerprint density at radius 3 is 2.61 bits per heavy atom. The van der Waals surface area contributed by atoms with E-state index in [-0.39, 0.29) is 5.41 Å². The molecular formula is C16H26N2. The highest BCUT2D eigenvalue weighted by atomic mass is 14.9. The Balaban J connectivity index is 2.52. The lowest BCUT2D eigenvalue weighted by molar-refractivity contribution is 0.313. The molecule has 0 bridgehead atoms. The van der Waals surface area contributed by atoms with E-state index >= 15 is 0 Å². The Morgan fingerprint density at radius 2 is 2.00 bits per heavy atom. The zero-order chi connectivity index (χ0) is 13.3. The number of pyridine rings is 1. The van der Waals surface area contributed by atoms with Gasteiger partial charge in [0, 0.05) is 24.9 Å². The molecule has 0 saturated heterocycles. The Morgan fingerprint density at radius 1 is 1.28 bits per heavy atom. The second-order valence-corrected chi connectivity index (χ2v) is 6.82. The molecule has 0 radical (unpaired) electrons. The largest absolute Gasteiger partial charge is 0.316 e. The third-order valence-corrected chi connectivity index (χ3v) is 4.07. The third kappa shape index (κ3) is 2.59. The summed E-state index contributed by atoms with van der Waals surface area (Å²) in [6.45, 7) is 13.7. The van der Waals surface area contributed by atoms with Gasteiger partial charge < -0.3 is 5.32 Å². The van der Waals surface area contributed by atoms with Crippen LogP contribution in [-0.2, 0) is 6.42 Å². The predicted octanol–water partition coefficient (Wildman–Crippen LogP) is 3.48. The van der Waals surface area contributed by atoms with Crippen molar-refractivity contribution in [3.8, 4) is 0 Å². The van der Waals surface area contributed by atoms with Gasteiger partial charge in [-0.1, -0.05) is 34.6 Å². The van der Waals surface area contributed by atoms with Crippen LogP contribution in [0.1, 0.15) is 63.1 Å². The number of hydrogen-bond acceptors (Lipinski definition) is 2. The van der Waals surface area contributed by atoms with Crippen LogP contribution in [0, 0.1) is 5.41 Å². The van der Waals surface area contributed by atoms with Crippen molar-refractivity contribution in [2.75, 3.05) is 13.1 Å². The van der Waals surface area contributed by atoms with Crippen LogP contribution in [0.3, 0.4) is 0 Å². The molecule has 1 unspecified atom stereocenters. The van der Waals surface area contributed by atoms with E-state index in [0.29, 0.717) is 11.8 Å². The third-order valence-electron chi connectivity index (χ3n) is 4.07. The van der Waals surface area contributed by atoms with Gasteiger partial charge >= 0.3 is 0 Å². The Hall–Kier alpha value is -0.890. The van der Waals surface area contributed by atoms with Crippen molar-refractivity contribution in [2.45, 2.75) is 52.9 Å². The zero-order valence-corrected chi connectivity index (χ0v) is 12.4. The maximum Gasteiger partial charge on any atom is 0.0306 e. The summed E-state index contributed by atoms with van der Waals surface area (Å²) < 4.78 is 0. The molecule has 0 spiro atoms. The SMILES string of the molecule is CC(C)c1cncc2c1CCNCC2C(C)(C)C. The number of aromatic nitrogens is 1. The van der Waals surface area contributed by atoms with Gasteiger partial charge in [-0.2, -0.15) is 0 Å². The van der Waals surface area contributed by atoms with Crippen LogP contribution in [0.4, 0.5) is 0 Å². The van der Waals surface area contributed by atoms with E-state index in [1.165, 1.54) is 11.1 Å². The van der Waals surface area contributed by atoms with E-state index in [4.69, 9.17) is 0 Å². The lowest BCUT2D eigenvalue weighted by atomic mass is 9.75. The molecule has 2 rings (SSSR count). The molecule has 0 saturated carbocycles. The molecule has 100 valence electrons. The molecule has 0 aromatic carbocycles. The van der Waals surface area contributed by atoms with Crippen LogP contribution in [0.2, 0.25) is 0 Å². The lowest BCUT2D eigenvalue weighted by Gasteiger charge is -2.31. The van der Waals surface area contributed by atoms with E-state index in [9.17, 15) is 0 Å². The van der Waals surface area contributed by atoms with Crippen LogP contribution in [-0.4, -0.2) is 18.1 Å². The van der Waals surface area contributed by atoms with Crippen molar-refractivity contribution in [2.24, 2.45) is 5.41 Å². The van der Waals surface area contributed by atoms with Crippen LogP contribution in [0.25, 0.3) is 0 Å². The standard InChI is InChI=1S/C16H26N2/c1-11(2)13-8-18-9-14-12(13)6-7-17-10-15(14)16(3,4)5/h8-9,11,15,17H,6-7,10H2,1-5H3. The molecule has 1 aromatic rings. The number of nitrogens with zero attached hydrogens (tertiary/aromatic N) is 1. The van der Waals surface area contributed by atoms with E-state index in [1.54, 1.807) is 5.56 Å². The van der Waals surface area contributed by atoms with Crippen molar-refractivity contribution in [1.29, 1.82) is 0 Å². The van der Waals surface area contributed by atoms with Gasteiger partial charge in [-0.3, -0.25) is 4.98 Å². The number of hydrogen-bond donors (Lipinski definition) is 1. The first-order valence-corrected chi connectivity index (χ1v) is 7.08. The monoisotopic (exact) mass is 246 g/mol. The number of fused-ring (bicyclic) bond motifs is 1. The number of nitrogens with one attached hydrogen (secondary N) is 1. The fraction of sp³-hybridized carbons (Fsp3) is 0.688. The van der Waals surface area contributed by atoms with Gasteiger partial charge in [0.25, 0.3) is 0 Å². The van der Waals surface area contributed by atoms with Crippen molar-refractivity contribution < 1.29 is 0 Å². The topological polar surface area (TPSA) is 24.9 Å².